The number of rotatable bonds is 4. The van der Waals surface area contributed by atoms with E-state index in [1.54, 1.807) is 18.2 Å². The zero-order chi connectivity index (χ0) is 15.6. The molecule has 3 rings (SSSR count). The Morgan fingerprint density at radius 1 is 1.18 bits per heavy atom. The number of fused-ring (bicyclic) bond motifs is 1. The molecule has 116 valence electrons. The molecule has 4 nitrogen and oxygen atoms in total. The molecular formula is C17H19NO3S. The van der Waals surface area contributed by atoms with Crippen LogP contribution in [0.2, 0.25) is 0 Å². The highest BCUT2D eigenvalue weighted by atomic mass is 32.2. The van der Waals surface area contributed by atoms with Crippen LogP contribution in [0.4, 0.5) is 0 Å². The second kappa shape index (κ2) is 6.10. The number of hydrogen-bond acceptors (Lipinski definition) is 3. The summed E-state index contributed by atoms with van der Waals surface area (Å²) in [6.07, 6.45) is 1.78. The van der Waals surface area contributed by atoms with Gasteiger partial charge in [0.25, 0.3) is 0 Å². The summed E-state index contributed by atoms with van der Waals surface area (Å²) in [5.41, 5.74) is 3.03. The van der Waals surface area contributed by atoms with Gasteiger partial charge in [-0.25, -0.2) is 13.1 Å². The Labute approximate surface area is 131 Å². The molecule has 5 heteroatoms. The monoisotopic (exact) mass is 317 g/mol. The van der Waals surface area contributed by atoms with Crippen molar-refractivity contribution in [2.75, 3.05) is 6.61 Å². The van der Waals surface area contributed by atoms with Crippen molar-refractivity contribution < 1.29 is 13.2 Å². The fraction of sp³-hybridized carbons (Fsp3) is 0.294. The van der Waals surface area contributed by atoms with Crippen molar-refractivity contribution in [2.24, 2.45) is 0 Å². The Morgan fingerprint density at radius 3 is 2.86 bits per heavy atom. The maximum absolute atomic E-state index is 12.4. The second-order valence-electron chi connectivity index (χ2n) is 5.54. The predicted molar refractivity (Wildman–Crippen MR) is 85.5 cm³/mol. The van der Waals surface area contributed by atoms with Gasteiger partial charge < -0.3 is 4.74 Å². The summed E-state index contributed by atoms with van der Waals surface area (Å²) in [5, 5.41) is 0. The molecule has 1 N–H and O–H groups in total. The lowest BCUT2D eigenvalue weighted by Gasteiger charge is -2.18. The topological polar surface area (TPSA) is 55.4 Å². The lowest BCUT2D eigenvalue weighted by atomic mass is 10.1. The third kappa shape index (κ3) is 3.31. The molecule has 0 fully saturated rings. The summed E-state index contributed by atoms with van der Waals surface area (Å²) >= 11 is 0. The molecule has 0 radical (unpaired) electrons. The maximum Gasteiger partial charge on any atom is 0.240 e. The van der Waals surface area contributed by atoms with Crippen LogP contribution in [0.25, 0.3) is 0 Å². The van der Waals surface area contributed by atoms with Crippen molar-refractivity contribution in [3.05, 3.63) is 59.2 Å². The summed E-state index contributed by atoms with van der Waals surface area (Å²) in [7, 11) is -3.51. The molecule has 0 aliphatic carbocycles. The Bertz CT molecular complexity index is 784. The molecule has 0 saturated heterocycles. The van der Waals surface area contributed by atoms with Crippen LogP contribution in [0.5, 0.6) is 5.75 Å². The van der Waals surface area contributed by atoms with E-state index in [0.29, 0.717) is 11.5 Å². The van der Waals surface area contributed by atoms with Crippen LogP contribution in [0.15, 0.2) is 47.4 Å². The molecule has 2 aromatic rings. The highest BCUT2D eigenvalue weighted by Crippen LogP contribution is 2.27. The highest BCUT2D eigenvalue weighted by Gasteiger charge is 2.18. The van der Waals surface area contributed by atoms with Gasteiger partial charge in [-0.2, -0.15) is 0 Å². The minimum atomic E-state index is -3.51. The number of benzene rings is 2. The Morgan fingerprint density at radius 2 is 2.05 bits per heavy atom. The van der Waals surface area contributed by atoms with E-state index in [1.807, 2.05) is 31.2 Å². The number of aryl methyl sites for hydroxylation is 2. The van der Waals surface area contributed by atoms with Crippen molar-refractivity contribution in [3.8, 4) is 5.75 Å². The van der Waals surface area contributed by atoms with Crippen LogP contribution in [-0.4, -0.2) is 15.0 Å². The van der Waals surface area contributed by atoms with E-state index in [9.17, 15) is 8.42 Å². The van der Waals surface area contributed by atoms with E-state index in [-0.39, 0.29) is 6.54 Å². The molecule has 2 aromatic carbocycles. The van der Waals surface area contributed by atoms with Gasteiger partial charge in [0, 0.05) is 6.54 Å². The van der Waals surface area contributed by atoms with E-state index >= 15 is 0 Å². The van der Waals surface area contributed by atoms with E-state index in [4.69, 9.17) is 4.74 Å². The van der Waals surface area contributed by atoms with Gasteiger partial charge in [-0.05, 0) is 49.1 Å². The third-order valence-electron chi connectivity index (χ3n) is 3.74. The lowest BCUT2D eigenvalue weighted by molar-refractivity contribution is 0.288. The molecule has 0 aromatic heterocycles. The number of ether oxygens (including phenoxy) is 1. The molecule has 0 unspecified atom stereocenters. The molecule has 22 heavy (non-hydrogen) atoms. The van der Waals surface area contributed by atoms with Crippen molar-refractivity contribution >= 4 is 10.0 Å². The predicted octanol–water partition coefficient (Wildman–Crippen LogP) is 2.80. The smallest absolute Gasteiger partial charge is 0.240 e. The minimum Gasteiger partial charge on any atom is -0.493 e. The van der Waals surface area contributed by atoms with Gasteiger partial charge >= 0.3 is 0 Å². The second-order valence-corrected chi connectivity index (χ2v) is 7.30. The molecule has 0 amide bonds. The summed E-state index contributed by atoms with van der Waals surface area (Å²) < 4.78 is 33.0. The van der Waals surface area contributed by atoms with Gasteiger partial charge in [0.05, 0.1) is 11.5 Å². The fourth-order valence-electron chi connectivity index (χ4n) is 2.59. The summed E-state index contributed by atoms with van der Waals surface area (Å²) in [4.78, 5) is 0.296. The Kier molecular flexibility index (Phi) is 4.18. The van der Waals surface area contributed by atoms with Crippen LogP contribution in [0.3, 0.4) is 0 Å². The highest BCUT2D eigenvalue weighted by molar-refractivity contribution is 7.89. The van der Waals surface area contributed by atoms with E-state index in [2.05, 4.69) is 4.72 Å². The molecule has 0 spiro atoms. The first-order valence-corrected chi connectivity index (χ1v) is 8.84. The normalized spacial score (nSPS) is 14.2. The van der Waals surface area contributed by atoms with Gasteiger partial charge in [0.15, 0.2) is 0 Å². The third-order valence-corrected chi connectivity index (χ3v) is 5.14. The molecule has 0 atom stereocenters. The van der Waals surface area contributed by atoms with E-state index < -0.39 is 10.0 Å². The van der Waals surface area contributed by atoms with Crippen LogP contribution in [-0.2, 0) is 23.0 Å². The lowest BCUT2D eigenvalue weighted by Crippen LogP contribution is -2.23. The first-order valence-electron chi connectivity index (χ1n) is 7.35. The van der Waals surface area contributed by atoms with Crippen molar-refractivity contribution in [2.45, 2.75) is 31.2 Å². The number of sulfonamides is 1. The summed E-state index contributed by atoms with van der Waals surface area (Å²) in [5.74, 6) is 0.795. The van der Waals surface area contributed by atoms with Crippen molar-refractivity contribution in [3.63, 3.8) is 0 Å². The maximum atomic E-state index is 12.4. The summed E-state index contributed by atoms with van der Waals surface area (Å²) in [6.45, 7) is 2.98. The Hall–Kier alpha value is -1.85. The van der Waals surface area contributed by atoms with Crippen molar-refractivity contribution in [1.82, 2.24) is 4.72 Å². The molecule has 1 heterocycles. The first-order chi connectivity index (χ1) is 10.5. The van der Waals surface area contributed by atoms with Crippen LogP contribution < -0.4 is 9.46 Å². The quantitative estimate of drug-likeness (QED) is 0.943. The van der Waals surface area contributed by atoms with Gasteiger partial charge in [-0.3, -0.25) is 0 Å². The van der Waals surface area contributed by atoms with Gasteiger partial charge in [0.1, 0.15) is 5.75 Å². The van der Waals surface area contributed by atoms with Crippen LogP contribution in [0.1, 0.15) is 23.1 Å². The van der Waals surface area contributed by atoms with Gasteiger partial charge in [-0.15, -0.1) is 0 Å². The molecular weight excluding hydrogens is 298 g/mol. The van der Waals surface area contributed by atoms with Crippen LogP contribution in [0, 0.1) is 6.92 Å². The molecule has 1 aliphatic rings. The average Bonchev–Trinajstić information content (AvgIpc) is 2.53. The molecule has 1 aliphatic heterocycles. The van der Waals surface area contributed by atoms with E-state index in [1.165, 1.54) is 0 Å². The van der Waals surface area contributed by atoms with Gasteiger partial charge in [0.2, 0.25) is 10.0 Å². The Balaban J connectivity index is 1.78. The number of nitrogens with one attached hydrogen (secondary N) is 1. The first kappa shape index (κ1) is 15.1. The van der Waals surface area contributed by atoms with Gasteiger partial charge in [-0.1, -0.05) is 29.8 Å². The molecule has 0 saturated carbocycles. The van der Waals surface area contributed by atoms with E-state index in [0.717, 1.165) is 35.3 Å². The largest absolute Gasteiger partial charge is 0.493 e. The molecule has 0 bridgehead atoms. The van der Waals surface area contributed by atoms with Crippen molar-refractivity contribution in [1.29, 1.82) is 0 Å². The average molecular weight is 317 g/mol. The fourth-order valence-corrected chi connectivity index (χ4v) is 3.66. The minimum absolute atomic E-state index is 0.289. The zero-order valence-corrected chi connectivity index (χ0v) is 13.3. The van der Waals surface area contributed by atoms with Crippen LogP contribution >= 0.6 is 0 Å². The summed E-state index contributed by atoms with van der Waals surface area (Å²) in [6, 6.07) is 12.9. The standard InChI is InChI=1S/C17H19NO3S/c1-13-4-2-5-14(10-13)12-18-22(19,20)16-7-8-17-15(11-16)6-3-9-21-17/h2,4-5,7-8,10-11,18H,3,6,9,12H2,1H3. The SMILES string of the molecule is Cc1cccc(CNS(=O)(=O)c2ccc3c(c2)CCCO3)c1. The zero-order valence-electron chi connectivity index (χ0n) is 12.5. The number of hydrogen-bond donors (Lipinski definition) is 1.